The minimum atomic E-state index is 0.404. The normalized spacial score (nSPS) is 20.4. The number of halogens is 1. The van der Waals surface area contributed by atoms with Crippen LogP contribution < -0.4 is 5.32 Å². The van der Waals surface area contributed by atoms with E-state index in [9.17, 15) is 0 Å². The predicted octanol–water partition coefficient (Wildman–Crippen LogP) is 3.85. The minimum absolute atomic E-state index is 0.404. The fourth-order valence-corrected chi connectivity index (χ4v) is 3.45. The third kappa shape index (κ3) is 3.45. The molecule has 1 N–H and O–H groups in total. The van der Waals surface area contributed by atoms with Gasteiger partial charge in [-0.15, -0.1) is 0 Å². The van der Waals surface area contributed by atoms with Gasteiger partial charge in [-0.3, -0.25) is 0 Å². The molecule has 2 atom stereocenters. The SMILES string of the molecule is CCC(Nc1ncnc2ccc(I)cc12)C1CCCOC1. The second-order valence-corrected chi connectivity index (χ2v) is 6.77. The van der Waals surface area contributed by atoms with Gasteiger partial charge < -0.3 is 10.1 Å². The summed E-state index contributed by atoms with van der Waals surface area (Å²) in [4.78, 5) is 8.81. The van der Waals surface area contributed by atoms with Crippen LogP contribution in [0.1, 0.15) is 26.2 Å². The van der Waals surface area contributed by atoms with E-state index in [-0.39, 0.29) is 0 Å². The van der Waals surface area contributed by atoms with Gasteiger partial charge in [0.1, 0.15) is 12.1 Å². The van der Waals surface area contributed by atoms with Crippen molar-refractivity contribution in [2.45, 2.75) is 32.2 Å². The Bertz CT molecular complexity index is 613. The average Bonchev–Trinajstić information content (AvgIpc) is 2.53. The molecule has 1 aliphatic rings. The monoisotopic (exact) mass is 397 g/mol. The zero-order chi connectivity index (χ0) is 14.7. The van der Waals surface area contributed by atoms with E-state index in [4.69, 9.17) is 4.74 Å². The smallest absolute Gasteiger partial charge is 0.137 e. The molecule has 1 aromatic carbocycles. The van der Waals surface area contributed by atoms with Crippen molar-refractivity contribution in [1.82, 2.24) is 9.97 Å². The van der Waals surface area contributed by atoms with Crippen LogP contribution in [-0.4, -0.2) is 29.2 Å². The highest BCUT2D eigenvalue weighted by Gasteiger charge is 2.23. The third-order valence-corrected chi connectivity index (χ3v) is 4.79. The number of nitrogens with zero attached hydrogens (tertiary/aromatic N) is 2. The van der Waals surface area contributed by atoms with Crippen molar-refractivity contribution in [3.8, 4) is 0 Å². The number of hydrogen-bond donors (Lipinski definition) is 1. The van der Waals surface area contributed by atoms with Crippen molar-refractivity contribution in [1.29, 1.82) is 0 Å². The summed E-state index contributed by atoms with van der Waals surface area (Å²) in [5.74, 6) is 1.51. The lowest BCUT2D eigenvalue weighted by Gasteiger charge is -2.30. The molecule has 2 heterocycles. The fraction of sp³-hybridized carbons (Fsp3) is 0.500. The van der Waals surface area contributed by atoms with E-state index in [1.807, 2.05) is 0 Å². The molecule has 4 nitrogen and oxygen atoms in total. The Morgan fingerprint density at radius 2 is 2.33 bits per heavy atom. The van der Waals surface area contributed by atoms with Crippen LogP contribution in [0, 0.1) is 9.49 Å². The number of benzene rings is 1. The summed E-state index contributed by atoms with van der Waals surface area (Å²) in [6, 6.07) is 6.67. The Hall–Kier alpha value is -0.950. The van der Waals surface area contributed by atoms with E-state index in [0.29, 0.717) is 12.0 Å². The van der Waals surface area contributed by atoms with E-state index in [2.05, 4.69) is 63.0 Å². The van der Waals surface area contributed by atoms with Crippen molar-refractivity contribution in [3.05, 3.63) is 28.1 Å². The molecule has 21 heavy (non-hydrogen) atoms. The maximum atomic E-state index is 5.64. The Balaban J connectivity index is 1.87. The molecule has 0 bridgehead atoms. The topological polar surface area (TPSA) is 47.0 Å². The first-order valence-corrected chi connectivity index (χ1v) is 8.60. The summed E-state index contributed by atoms with van der Waals surface area (Å²) in [6.07, 6.45) is 5.10. The molecule has 0 saturated carbocycles. The van der Waals surface area contributed by atoms with Crippen LogP contribution in [0.25, 0.3) is 10.9 Å². The van der Waals surface area contributed by atoms with Gasteiger partial charge in [-0.25, -0.2) is 9.97 Å². The molecule has 0 amide bonds. The molecular formula is C16H20IN3O. The van der Waals surface area contributed by atoms with Crippen LogP contribution in [0.4, 0.5) is 5.82 Å². The minimum Gasteiger partial charge on any atom is -0.381 e. The lowest BCUT2D eigenvalue weighted by molar-refractivity contribution is 0.0471. The van der Waals surface area contributed by atoms with E-state index in [1.54, 1.807) is 6.33 Å². The molecule has 0 radical (unpaired) electrons. The van der Waals surface area contributed by atoms with Crippen molar-refractivity contribution in [3.63, 3.8) is 0 Å². The zero-order valence-corrected chi connectivity index (χ0v) is 14.3. The van der Waals surface area contributed by atoms with Gasteiger partial charge in [-0.1, -0.05) is 6.92 Å². The average molecular weight is 397 g/mol. The first-order valence-electron chi connectivity index (χ1n) is 7.52. The standard InChI is InChI=1S/C16H20IN3O/c1-2-14(11-4-3-7-21-9-11)20-16-13-8-12(17)5-6-15(13)18-10-19-16/h5-6,8,10-11,14H,2-4,7,9H2,1H3,(H,18,19,20). The van der Waals surface area contributed by atoms with Gasteiger partial charge in [0.15, 0.2) is 0 Å². The van der Waals surface area contributed by atoms with Crippen molar-refractivity contribution < 1.29 is 4.74 Å². The van der Waals surface area contributed by atoms with Gasteiger partial charge in [-0.05, 0) is 60.1 Å². The van der Waals surface area contributed by atoms with Gasteiger partial charge in [0.05, 0.1) is 12.1 Å². The molecule has 1 saturated heterocycles. The highest BCUT2D eigenvalue weighted by atomic mass is 127. The van der Waals surface area contributed by atoms with Gasteiger partial charge in [-0.2, -0.15) is 0 Å². The van der Waals surface area contributed by atoms with Crippen LogP contribution in [0.3, 0.4) is 0 Å². The Kier molecular flexibility index (Phi) is 4.90. The highest BCUT2D eigenvalue weighted by molar-refractivity contribution is 14.1. The fourth-order valence-electron chi connectivity index (χ4n) is 2.96. The number of fused-ring (bicyclic) bond motifs is 1. The maximum absolute atomic E-state index is 5.64. The molecule has 0 aliphatic carbocycles. The summed E-state index contributed by atoms with van der Waals surface area (Å²) in [5.41, 5.74) is 0.989. The van der Waals surface area contributed by atoms with Gasteiger partial charge >= 0.3 is 0 Å². The zero-order valence-electron chi connectivity index (χ0n) is 12.2. The number of rotatable bonds is 4. The molecule has 112 valence electrons. The first kappa shape index (κ1) is 15.0. The predicted molar refractivity (Wildman–Crippen MR) is 93.5 cm³/mol. The van der Waals surface area contributed by atoms with Crippen LogP contribution in [0.15, 0.2) is 24.5 Å². The summed E-state index contributed by atoms with van der Waals surface area (Å²) in [6.45, 7) is 3.98. The van der Waals surface area contributed by atoms with Crippen LogP contribution in [0.2, 0.25) is 0 Å². The Morgan fingerprint density at radius 3 is 3.10 bits per heavy atom. The Morgan fingerprint density at radius 1 is 1.43 bits per heavy atom. The van der Waals surface area contributed by atoms with Crippen LogP contribution >= 0.6 is 22.6 Å². The number of hydrogen-bond acceptors (Lipinski definition) is 4. The van der Waals surface area contributed by atoms with E-state index in [0.717, 1.165) is 42.8 Å². The number of nitrogens with one attached hydrogen (secondary N) is 1. The molecule has 0 spiro atoms. The molecule has 2 unspecified atom stereocenters. The molecular weight excluding hydrogens is 377 g/mol. The second kappa shape index (κ2) is 6.87. The first-order chi connectivity index (χ1) is 10.3. The van der Waals surface area contributed by atoms with Crippen LogP contribution in [-0.2, 0) is 4.74 Å². The van der Waals surface area contributed by atoms with Gasteiger partial charge in [0.25, 0.3) is 0 Å². The molecule has 5 heteroatoms. The van der Waals surface area contributed by atoms with Gasteiger partial charge in [0.2, 0.25) is 0 Å². The second-order valence-electron chi connectivity index (χ2n) is 5.52. The molecule has 1 fully saturated rings. The van der Waals surface area contributed by atoms with E-state index < -0.39 is 0 Å². The molecule has 2 aromatic rings. The number of anilines is 1. The molecule has 3 rings (SSSR count). The summed E-state index contributed by atoms with van der Waals surface area (Å²) < 4.78 is 6.84. The third-order valence-electron chi connectivity index (χ3n) is 4.12. The van der Waals surface area contributed by atoms with E-state index >= 15 is 0 Å². The highest BCUT2D eigenvalue weighted by Crippen LogP contribution is 2.26. The van der Waals surface area contributed by atoms with Crippen molar-refractivity contribution in [2.24, 2.45) is 5.92 Å². The lowest BCUT2D eigenvalue weighted by atomic mass is 9.92. The molecule has 1 aromatic heterocycles. The van der Waals surface area contributed by atoms with Crippen molar-refractivity contribution >= 4 is 39.3 Å². The number of ether oxygens (including phenoxy) is 1. The van der Waals surface area contributed by atoms with Gasteiger partial charge in [0, 0.05) is 27.5 Å². The summed E-state index contributed by atoms with van der Waals surface area (Å²) in [7, 11) is 0. The maximum Gasteiger partial charge on any atom is 0.137 e. The summed E-state index contributed by atoms with van der Waals surface area (Å²) >= 11 is 2.33. The largest absolute Gasteiger partial charge is 0.381 e. The quantitative estimate of drug-likeness (QED) is 0.797. The van der Waals surface area contributed by atoms with Crippen LogP contribution in [0.5, 0.6) is 0 Å². The van der Waals surface area contributed by atoms with Crippen molar-refractivity contribution in [2.75, 3.05) is 18.5 Å². The summed E-state index contributed by atoms with van der Waals surface area (Å²) in [5, 5.41) is 4.73. The van der Waals surface area contributed by atoms with E-state index in [1.165, 1.54) is 9.99 Å². The lowest BCUT2D eigenvalue weighted by Crippen LogP contribution is -2.34. The number of aromatic nitrogens is 2. The Labute approximate surface area is 138 Å². The molecule has 1 aliphatic heterocycles.